The highest BCUT2D eigenvalue weighted by atomic mass is 16.5. The third-order valence-electron chi connectivity index (χ3n) is 5.00. The zero-order valence-electron chi connectivity index (χ0n) is 18.8. The maximum atomic E-state index is 10.6. The lowest BCUT2D eigenvalue weighted by Crippen LogP contribution is -2.35. The van der Waals surface area contributed by atoms with Crippen LogP contribution < -0.4 is 5.32 Å². The molecule has 1 atom stereocenters. The smallest absolute Gasteiger partial charge is 0.251 e. The normalized spacial score (nSPS) is 15.5. The van der Waals surface area contributed by atoms with Gasteiger partial charge in [0.15, 0.2) is 0 Å². The summed E-state index contributed by atoms with van der Waals surface area (Å²) in [5.74, 6) is 0.211. The molecule has 35 heavy (non-hydrogen) atoms. The van der Waals surface area contributed by atoms with Gasteiger partial charge in [-0.25, -0.2) is 15.0 Å². The molecule has 1 aliphatic rings. The number of carbonyl (C=O) groups excluding carboxylic acids is 1. The fraction of sp³-hybridized carbons (Fsp3) is 0.238. The molecule has 5 rings (SSSR count). The monoisotopic (exact) mass is 464 g/mol. The summed E-state index contributed by atoms with van der Waals surface area (Å²) in [6.45, 7) is 0.694. The van der Waals surface area contributed by atoms with E-state index in [9.17, 15) is 4.79 Å². The number of nitrogens with zero attached hydrogens (tertiary/aromatic N) is 7. The lowest BCUT2D eigenvalue weighted by Gasteiger charge is -2.20. The van der Waals surface area contributed by atoms with Gasteiger partial charge in [0.1, 0.15) is 18.1 Å². The highest BCUT2D eigenvalue weighted by molar-refractivity contribution is 6.56. The zero-order chi connectivity index (χ0) is 25.0. The number of anilines is 2. The fourth-order valence-corrected chi connectivity index (χ4v) is 3.16. The van der Waals surface area contributed by atoms with Crippen molar-refractivity contribution in [2.45, 2.75) is 17.8 Å². The van der Waals surface area contributed by atoms with Gasteiger partial charge in [-0.1, -0.05) is 11.2 Å². The van der Waals surface area contributed by atoms with Gasteiger partial charge in [0.2, 0.25) is 5.95 Å². The van der Waals surface area contributed by atoms with Gasteiger partial charge in [0, 0.05) is 32.1 Å². The number of aliphatic hydroxyl groups is 1. The zero-order valence-corrected chi connectivity index (χ0v) is 18.8. The number of likely N-dealkylation sites (N-methyl/N-ethyl adjacent to an activating group) is 1. The average Bonchev–Trinajstić information content (AvgIpc) is 3.60. The number of pyridine rings is 1. The molecular weight excluding hydrogens is 445 g/mol. The van der Waals surface area contributed by atoms with Gasteiger partial charge in [0.05, 0.1) is 52.5 Å². The van der Waals surface area contributed by atoms with Gasteiger partial charge in [-0.05, 0) is 29.9 Å². The largest absolute Gasteiger partial charge is 0.383 e. The number of carbonyl (C=O) groups is 1. The number of hydrogen-bond acceptors (Lipinski definition) is 9. The SMILES string of the molecule is CN1CCC(O)C1=O.[B]C([B])([B])n1cc(Nc2nccc(-c3cccc(-c4ccon4)n3)n2)cn1. The fourth-order valence-electron chi connectivity index (χ4n) is 3.16. The van der Waals surface area contributed by atoms with Crippen LogP contribution in [0, 0.1) is 0 Å². The first kappa shape index (κ1) is 24.2. The summed E-state index contributed by atoms with van der Waals surface area (Å²) >= 11 is 0. The molecule has 0 saturated carbocycles. The first-order valence-electron chi connectivity index (χ1n) is 10.5. The van der Waals surface area contributed by atoms with Crippen LogP contribution in [0.4, 0.5) is 11.6 Å². The summed E-state index contributed by atoms with van der Waals surface area (Å²) in [6, 6.07) is 9.06. The van der Waals surface area contributed by atoms with E-state index in [0.29, 0.717) is 47.4 Å². The molecule has 0 spiro atoms. The van der Waals surface area contributed by atoms with E-state index < -0.39 is 11.3 Å². The van der Waals surface area contributed by atoms with Crippen LogP contribution in [0.1, 0.15) is 6.42 Å². The molecule has 1 unspecified atom stereocenters. The van der Waals surface area contributed by atoms with Gasteiger partial charge in [0.25, 0.3) is 5.91 Å². The van der Waals surface area contributed by atoms with E-state index in [0.717, 1.165) is 0 Å². The molecule has 1 amide bonds. The Morgan fingerprint density at radius 2 is 1.86 bits per heavy atom. The highest BCUT2D eigenvalue weighted by Crippen LogP contribution is 2.22. The van der Waals surface area contributed by atoms with Crippen molar-refractivity contribution in [1.82, 2.24) is 34.8 Å². The number of rotatable bonds is 5. The van der Waals surface area contributed by atoms with E-state index in [1.165, 1.54) is 22.0 Å². The number of aromatic nitrogens is 6. The van der Waals surface area contributed by atoms with Gasteiger partial charge in [-0.15, -0.1) is 0 Å². The Morgan fingerprint density at radius 3 is 2.43 bits per heavy atom. The second-order valence-corrected chi connectivity index (χ2v) is 7.81. The van der Waals surface area contributed by atoms with Crippen molar-refractivity contribution in [3.8, 4) is 22.8 Å². The molecule has 0 aliphatic carbocycles. The van der Waals surface area contributed by atoms with E-state index in [1.807, 2.05) is 18.2 Å². The molecule has 0 bridgehead atoms. The van der Waals surface area contributed by atoms with Crippen LogP contribution in [0.3, 0.4) is 0 Å². The third kappa shape index (κ3) is 5.96. The van der Waals surface area contributed by atoms with Crippen LogP contribution in [0.15, 0.2) is 59.7 Å². The Kier molecular flexibility index (Phi) is 7.01. The number of likely N-dealkylation sites (tertiary alicyclic amines) is 1. The van der Waals surface area contributed by atoms with Crippen molar-refractivity contribution in [1.29, 1.82) is 0 Å². The standard InChI is InChI=1S/C16H10B3N7O.C5H9NO2/c17-16(18,19)26-9-10(8-21-26)22-15-20-6-4-13(24-15)11-2-1-3-12(23-11)14-5-7-27-25-14;1-6-3-2-4(7)5(6)8/h1-9H,(H,20,22,24);4,7H,2-3H2,1H3. The topological polar surface area (TPSA) is 135 Å². The maximum absolute atomic E-state index is 10.6. The van der Waals surface area contributed by atoms with Gasteiger partial charge >= 0.3 is 0 Å². The molecule has 11 nitrogen and oxygen atoms in total. The first-order chi connectivity index (χ1) is 16.7. The average molecular weight is 464 g/mol. The highest BCUT2D eigenvalue weighted by Gasteiger charge is 2.26. The Hall–Kier alpha value is -3.93. The van der Waals surface area contributed by atoms with Crippen molar-refractivity contribution >= 4 is 41.1 Å². The maximum Gasteiger partial charge on any atom is 0.251 e. The lowest BCUT2D eigenvalue weighted by atomic mass is 9.49. The molecule has 170 valence electrons. The van der Waals surface area contributed by atoms with Crippen molar-refractivity contribution in [2.75, 3.05) is 18.9 Å². The molecule has 6 radical (unpaired) electrons. The van der Waals surface area contributed by atoms with Crippen molar-refractivity contribution in [3.05, 3.63) is 55.2 Å². The van der Waals surface area contributed by atoms with Gasteiger partial charge in [-0.2, -0.15) is 5.10 Å². The quantitative estimate of drug-likeness (QED) is 0.403. The van der Waals surface area contributed by atoms with E-state index in [4.69, 9.17) is 33.2 Å². The molecule has 4 aromatic rings. The Morgan fingerprint density at radius 1 is 1.11 bits per heavy atom. The summed E-state index contributed by atoms with van der Waals surface area (Å²) in [7, 11) is 18.5. The predicted octanol–water partition coefficient (Wildman–Crippen LogP) is 0.416. The van der Waals surface area contributed by atoms with E-state index in [1.54, 1.807) is 31.6 Å². The van der Waals surface area contributed by atoms with Crippen molar-refractivity contribution in [2.24, 2.45) is 0 Å². The molecular formula is C21H19B3N8O3. The van der Waals surface area contributed by atoms with Crippen LogP contribution in [0.2, 0.25) is 0 Å². The number of hydrogen-bond donors (Lipinski definition) is 2. The molecule has 1 aliphatic heterocycles. The first-order valence-corrected chi connectivity index (χ1v) is 10.5. The van der Waals surface area contributed by atoms with Crippen molar-refractivity contribution in [3.63, 3.8) is 0 Å². The van der Waals surface area contributed by atoms with Gasteiger partial charge in [-0.3, -0.25) is 9.48 Å². The van der Waals surface area contributed by atoms with Crippen LogP contribution in [0.5, 0.6) is 0 Å². The molecule has 5 heterocycles. The minimum atomic E-state index is -1.59. The second kappa shape index (κ2) is 10.1. The van der Waals surface area contributed by atoms with Crippen molar-refractivity contribution < 1.29 is 14.4 Å². The molecule has 1 fully saturated rings. The second-order valence-electron chi connectivity index (χ2n) is 7.81. The summed E-state index contributed by atoms with van der Waals surface area (Å²) < 4.78 is 6.09. The lowest BCUT2D eigenvalue weighted by molar-refractivity contribution is -0.133. The Bertz CT molecular complexity index is 1280. The summed E-state index contributed by atoms with van der Waals surface area (Å²) in [5.41, 5.74) is 3.21. The predicted molar refractivity (Wildman–Crippen MR) is 130 cm³/mol. The van der Waals surface area contributed by atoms with E-state index >= 15 is 0 Å². The van der Waals surface area contributed by atoms with Crippen LogP contribution in [0.25, 0.3) is 22.8 Å². The summed E-state index contributed by atoms with van der Waals surface area (Å²) in [4.78, 5) is 25.3. The third-order valence-corrected chi connectivity index (χ3v) is 5.00. The minimum Gasteiger partial charge on any atom is -0.383 e. The Labute approximate surface area is 205 Å². The van der Waals surface area contributed by atoms with E-state index in [-0.39, 0.29) is 5.91 Å². The molecule has 0 aromatic carbocycles. The molecule has 4 aromatic heterocycles. The molecule has 2 N–H and O–H groups in total. The van der Waals surface area contributed by atoms with Crippen LogP contribution in [-0.4, -0.2) is 89.0 Å². The molecule has 1 saturated heterocycles. The van der Waals surface area contributed by atoms with E-state index in [2.05, 4.69) is 30.5 Å². The summed E-state index contributed by atoms with van der Waals surface area (Å²) in [5, 5.41) is 18.1. The number of aliphatic hydroxyl groups excluding tert-OH is 1. The number of nitrogens with one attached hydrogen (secondary N) is 1. The molecule has 14 heteroatoms. The number of amides is 1. The summed E-state index contributed by atoms with van der Waals surface area (Å²) in [6.07, 6.45) is 6.06. The van der Waals surface area contributed by atoms with Crippen LogP contribution >= 0.6 is 0 Å². The minimum absolute atomic E-state index is 0.148. The Balaban J connectivity index is 0.000000308. The van der Waals surface area contributed by atoms with Crippen LogP contribution in [-0.2, 0) is 10.0 Å². The van der Waals surface area contributed by atoms with Gasteiger partial charge < -0.3 is 19.8 Å².